The Labute approximate surface area is 203 Å². The first-order valence-electron chi connectivity index (χ1n) is 10.8. The summed E-state index contributed by atoms with van der Waals surface area (Å²) in [4.78, 5) is 15.3. The van der Waals surface area contributed by atoms with E-state index < -0.39 is 11.6 Å². The van der Waals surface area contributed by atoms with Gasteiger partial charge in [-0.05, 0) is 63.0 Å². The molecule has 0 bridgehead atoms. The zero-order valence-corrected chi connectivity index (χ0v) is 21.0. The number of nitrogens with one attached hydrogen (secondary N) is 1. The van der Waals surface area contributed by atoms with E-state index in [-0.39, 0.29) is 12.4 Å². The number of ether oxygens (including phenoxy) is 1. The standard InChI is InChI=1S/C26H37ClN2O4/c1-7-9-11-23(14-15-24(30)31)33-25(28-18-10-17-27)29-19-16-20(3)22(8-2)13-12-21(4)26(5,6)32/h8-14,16-17,32H,2,7,15,18-19H2,1,3-6H3,(H,28,29)(H,30,31)/b11-9-,17-10+,20-16+,21-12+,22-13+,23-14+. The summed E-state index contributed by atoms with van der Waals surface area (Å²) in [5.74, 6) is -0.561. The van der Waals surface area contributed by atoms with Crippen molar-refractivity contribution in [3.05, 3.63) is 83.2 Å². The van der Waals surface area contributed by atoms with Crippen LogP contribution in [0.2, 0.25) is 0 Å². The van der Waals surface area contributed by atoms with Crippen molar-refractivity contribution in [1.82, 2.24) is 5.32 Å². The van der Waals surface area contributed by atoms with Crippen molar-refractivity contribution in [2.75, 3.05) is 13.1 Å². The Balaban J connectivity index is 5.54. The summed E-state index contributed by atoms with van der Waals surface area (Å²) in [6.45, 7) is 13.9. The first kappa shape index (κ1) is 30.2. The Morgan fingerprint density at radius 2 is 1.91 bits per heavy atom. The number of carboxylic acid groups (broad SMARTS) is 1. The van der Waals surface area contributed by atoms with Gasteiger partial charge in [0.25, 0.3) is 6.02 Å². The molecular formula is C26H37ClN2O4. The molecule has 0 saturated carbocycles. The number of rotatable bonds is 13. The normalized spacial score (nSPS) is 14.8. The molecule has 182 valence electrons. The highest BCUT2D eigenvalue weighted by Crippen LogP contribution is 2.17. The van der Waals surface area contributed by atoms with Crippen LogP contribution in [0.25, 0.3) is 0 Å². The number of aliphatic carboxylic acids is 1. The highest BCUT2D eigenvalue weighted by molar-refractivity contribution is 6.25. The van der Waals surface area contributed by atoms with Crippen LogP contribution in [0.1, 0.15) is 47.5 Å². The van der Waals surface area contributed by atoms with Gasteiger partial charge < -0.3 is 20.3 Å². The summed E-state index contributed by atoms with van der Waals surface area (Å²) in [5, 5.41) is 22.1. The van der Waals surface area contributed by atoms with E-state index in [1.807, 2.05) is 45.1 Å². The number of aliphatic hydroxyl groups is 1. The molecule has 0 fully saturated rings. The zero-order chi connectivity index (χ0) is 25.3. The fourth-order valence-electron chi connectivity index (χ4n) is 2.17. The summed E-state index contributed by atoms with van der Waals surface area (Å²) in [5.41, 5.74) is 3.21. The number of aliphatic imine (C=N–C) groups is 1. The molecule has 0 rings (SSSR count). The number of amidine groups is 1. The smallest absolute Gasteiger partial charge is 0.307 e. The van der Waals surface area contributed by atoms with Crippen LogP contribution in [0.3, 0.4) is 0 Å². The minimum atomic E-state index is -0.950. The lowest BCUT2D eigenvalue weighted by Crippen LogP contribution is -2.26. The number of allylic oxidation sites excluding steroid dienone is 7. The zero-order valence-electron chi connectivity index (χ0n) is 20.3. The van der Waals surface area contributed by atoms with Gasteiger partial charge in [-0.25, -0.2) is 4.99 Å². The largest absolute Gasteiger partial charge is 0.481 e. The second kappa shape index (κ2) is 16.8. The summed E-state index contributed by atoms with van der Waals surface area (Å²) < 4.78 is 5.81. The van der Waals surface area contributed by atoms with Gasteiger partial charge in [0.1, 0.15) is 5.76 Å². The highest BCUT2D eigenvalue weighted by atomic mass is 35.5. The SMILES string of the molecule is C=CC(=C\C=C(/C)C(C)(C)O)/C(C)=C/CNC(=NC/C=C/Cl)OC(/C=C\CC)=C/CC(=O)O. The van der Waals surface area contributed by atoms with Crippen molar-refractivity contribution in [2.45, 2.75) is 53.1 Å². The molecule has 33 heavy (non-hydrogen) atoms. The molecular weight excluding hydrogens is 440 g/mol. The number of nitrogens with zero attached hydrogens (tertiary/aromatic N) is 1. The number of carboxylic acids is 1. The minimum Gasteiger partial charge on any atom is -0.481 e. The maximum atomic E-state index is 10.9. The molecule has 0 aliphatic rings. The van der Waals surface area contributed by atoms with Crippen molar-refractivity contribution in [3.63, 3.8) is 0 Å². The van der Waals surface area contributed by atoms with Gasteiger partial charge in [0, 0.05) is 12.1 Å². The van der Waals surface area contributed by atoms with E-state index in [0.717, 1.165) is 23.1 Å². The van der Waals surface area contributed by atoms with Gasteiger partial charge in [-0.15, -0.1) is 0 Å². The van der Waals surface area contributed by atoms with E-state index in [4.69, 9.17) is 21.4 Å². The third-order valence-corrected chi connectivity index (χ3v) is 4.63. The van der Waals surface area contributed by atoms with Gasteiger partial charge in [0.2, 0.25) is 0 Å². The van der Waals surface area contributed by atoms with Gasteiger partial charge in [-0.2, -0.15) is 0 Å². The Kier molecular flexibility index (Phi) is 15.3. The molecule has 0 heterocycles. The number of hydrogen-bond donors (Lipinski definition) is 3. The van der Waals surface area contributed by atoms with Crippen LogP contribution in [0.4, 0.5) is 0 Å². The van der Waals surface area contributed by atoms with Crippen LogP contribution in [-0.4, -0.2) is 40.9 Å². The highest BCUT2D eigenvalue weighted by Gasteiger charge is 2.13. The molecule has 7 heteroatoms. The average molecular weight is 477 g/mol. The lowest BCUT2D eigenvalue weighted by molar-refractivity contribution is -0.136. The monoisotopic (exact) mass is 476 g/mol. The van der Waals surface area contributed by atoms with Crippen LogP contribution in [-0.2, 0) is 9.53 Å². The molecule has 0 spiro atoms. The summed E-state index contributed by atoms with van der Waals surface area (Å²) in [7, 11) is 0. The first-order chi connectivity index (χ1) is 15.5. The van der Waals surface area contributed by atoms with Crippen molar-refractivity contribution < 1.29 is 19.7 Å². The second-order valence-electron chi connectivity index (χ2n) is 7.63. The minimum absolute atomic E-state index is 0.164. The maximum Gasteiger partial charge on any atom is 0.307 e. The topological polar surface area (TPSA) is 91.1 Å². The molecule has 0 radical (unpaired) electrons. The van der Waals surface area contributed by atoms with Gasteiger partial charge in [-0.1, -0.05) is 61.6 Å². The van der Waals surface area contributed by atoms with Crippen LogP contribution >= 0.6 is 11.6 Å². The van der Waals surface area contributed by atoms with Crippen molar-refractivity contribution in [1.29, 1.82) is 0 Å². The second-order valence-corrected chi connectivity index (χ2v) is 7.88. The van der Waals surface area contributed by atoms with Crippen molar-refractivity contribution >= 4 is 23.6 Å². The predicted molar refractivity (Wildman–Crippen MR) is 138 cm³/mol. The Hall–Kier alpha value is -2.83. The number of carbonyl (C=O) groups is 1. The van der Waals surface area contributed by atoms with Crippen molar-refractivity contribution in [2.24, 2.45) is 4.99 Å². The third-order valence-electron chi connectivity index (χ3n) is 4.45. The van der Waals surface area contributed by atoms with Gasteiger partial charge in [-0.3, -0.25) is 4.79 Å². The molecule has 0 saturated heterocycles. The molecule has 0 aliphatic carbocycles. The third kappa shape index (κ3) is 14.8. The lowest BCUT2D eigenvalue weighted by atomic mass is 9.98. The lowest BCUT2D eigenvalue weighted by Gasteiger charge is -2.17. The molecule has 0 aromatic carbocycles. The van der Waals surface area contributed by atoms with Crippen LogP contribution in [0, 0.1) is 0 Å². The van der Waals surface area contributed by atoms with Gasteiger partial charge in [0.05, 0.1) is 18.6 Å². The molecule has 6 nitrogen and oxygen atoms in total. The average Bonchev–Trinajstić information content (AvgIpc) is 2.74. The fourth-order valence-corrected chi connectivity index (χ4v) is 2.25. The van der Waals surface area contributed by atoms with E-state index in [9.17, 15) is 9.90 Å². The van der Waals surface area contributed by atoms with Crippen molar-refractivity contribution in [3.8, 4) is 0 Å². The number of hydrogen-bond acceptors (Lipinski definition) is 4. The first-order valence-corrected chi connectivity index (χ1v) is 11.2. The van der Waals surface area contributed by atoms with E-state index in [1.54, 1.807) is 32.1 Å². The van der Waals surface area contributed by atoms with E-state index in [1.165, 1.54) is 11.6 Å². The molecule has 0 amide bonds. The predicted octanol–water partition coefficient (Wildman–Crippen LogP) is 5.80. The Bertz CT molecular complexity index is 854. The van der Waals surface area contributed by atoms with Crippen LogP contribution < -0.4 is 5.32 Å². The molecule has 0 atom stereocenters. The fraction of sp³-hybridized carbons (Fsp3) is 0.385. The van der Waals surface area contributed by atoms with Crippen LogP contribution in [0.5, 0.6) is 0 Å². The summed E-state index contributed by atoms with van der Waals surface area (Å²) >= 11 is 5.58. The molecule has 0 aliphatic heterocycles. The quantitative estimate of drug-likeness (QED) is 0.135. The molecule has 3 N–H and O–H groups in total. The number of halogens is 1. The van der Waals surface area contributed by atoms with Gasteiger partial charge in [0.15, 0.2) is 0 Å². The summed E-state index contributed by atoms with van der Waals surface area (Å²) in [6.07, 6.45) is 14.8. The van der Waals surface area contributed by atoms with Gasteiger partial charge >= 0.3 is 5.97 Å². The van der Waals surface area contributed by atoms with E-state index >= 15 is 0 Å². The summed E-state index contributed by atoms with van der Waals surface area (Å²) in [6, 6.07) is 0.244. The van der Waals surface area contributed by atoms with E-state index in [2.05, 4.69) is 16.9 Å². The van der Waals surface area contributed by atoms with E-state index in [0.29, 0.717) is 18.8 Å². The molecule has 0 aromatic heterocycles. The Morgan fingerprint density at radius 1 is 1.21 bits per heavy atom. The molecule has 0 aromatic rings. The Morgan fingerprint density at radius 3 is 2.45 bits per heavy atom. The maximum absolute atomic E-state index is 10.9. The van der Waals surface area contributed by atoms with Crippen LogP contribution in [0.15, 0.2) is 88.2 Å². The molecule has 0 unspecified atom stereocenters.